The first-order valence-electron chi connectivity index (χ1n) is 6.45. The van der Waals surface area contributed by atoms with Crippen LogP contribution in [0.25, 0.3) is 0 Å². The quantitative estimate of drug-likeness (QED) is 0.863. The lowest BCUT2D eigenvalue weighted by Crippen LogP contribution is -2.30. The van der Waals surface area contributed by atoms with Gasteiger partial charge in [-0.3, -0.25) is 4.79 Å². The van der Waals surface area contributed by atoms with E-state index in [0.717, 1.165) is 30.5 Å². The van der Waals surface area contributed by atoms with Crippen LogP contribution in [0.4, 0.5) is 5.82 Å². The normalized spacial score (nSPS) is 16.3. The van der Waals surface area contributed by atoms with Gasteiger partial charge in [0.25, 0.3) is 0 Å². The summed E-state index contributed by atoms with van der Waals surface area (Å²) in [7, 11) is 0. The number of aliphatic carboxylic acids is 1. The van der Waals surface area contributed by atoms with E-state index in [1.165, 1.54) is 0 Å². The van der Waals surface area contributed by atoms with Crippen LogP contribution in [0.5, 0.6) is 0 Å². The summed E-state index contributed by atoms with van der Waals surface area (Å²) in [4.78, 5) is 15.4. The van der Waals surface area contributed by atoms with Crippen LogP contribution in [-0.4, -0.2) is 22.1 Å². The Morgan fingerprint density at radius 1 is 1.53 bits per heavy atom. The molecular formula is C14H17N3O2. The number of pyridine rings is 1. The highest BCUT2D eigenvalue weighted by atomic mass is 16.4. The second-order valence-electron chi connectivity index (χ2n) is 5.02. The highest BCUT2D eigenvalue weighted by Gasteiger charge is 2.22. The third-order valence-electron chi connectivity index (χ3n) is 3.68. The van der Waals surface area contributed by atoms with Crippen LogP contribution in [0.15, 0.2) is 6.07 Å². The predicted octanol–water partition coefficient (Wildman–Crippen LogP) is 1.96. The van der Waals surface area contributed by atoms with E-state index in [-0.39, 0.29) is 6.04 Å². The lowest BCUT2D eigenvalue weighted by Gasteiger charge is -2.19. The summed E-state index contributed by atoms with van der Waals surface area (Å²) in [5.74, 6) is -0.898. The van der Waals surface area contributed by atoms with E-state index in [4.69, 9.17) is 10.4 Å². The maximum Gasteiger partial charge on any atom is 0.308 e. The molecule has 2 unspecified atom stereocenters. The average Bonchev–Trinajstić information content (AvgIpc) is 2.83. The van der Waals surface area contributed by atoms with Gasteiger partial charge in [0.05, 0.1) is 11.5 Å². The zero-order valence-electron chi connectivity index (χ0n) is 11.1. The van der Waals surface area contributed by atoms with Crippen LogP contribution in [0, 0.1) is 17.2 Å². The first kappa shape index (κ1) is 13.3. The van der Waals surface area contributed by atoms with Gasteiger partial charge in [-0.15, -0.1) is 0 Å². The molecule has 0 saturated heterocycles. The molecule has 0 amide bonds. The number of nitrogens with one attached hydrogen (secondary N) is 1. The van der Waals surface area contributed by atoms with Crippen LogP contribution in [0.1, 0.15) is 37.1 Å². The number of carboxylic acids is 1. The Hall–Kier alpha value is -2.09. The van der Waals surface area contributed by atoms with Crippen molar-refractivity contribution >= 4 is 11.8 Å². The smallest absolute Gasteiger partial charge is 0.308 e. The third kappa shape index (κ3) is 2.68. The van der Waals surface area contributed by atoms with Gasteiger partial charge in [-0.1, -0.05) is 0 Å². The molecule has 1 aliphatic rings. The largest absolute Gasteiger partial charge is 0.481 e. The fourth-order valence-electron chi connectivity index (χ4n) is 2.22. The number of aromatic nitrogens is 1. The fourth-order valence-corrected chi connectivity index (χ4v) is 2.22. The molecule has 100 valence electrons. The van der Waals surface area contributed by atoms with Crippen LogP contribution >= 0.6 is 0 Å². The molecule has 0 saturated carbocycles. The molecule has 19 heavy (non-hydrogen) atoms. The van der Waals surface area contributed by atoms with Crippen molar-refractivity contribution in [1.29, 1.82) is 5.26 Å². The second kappa shape index (κ2) is 5.27. The van der Waals surface area contributed by atoms with E-state index in [1.54, 1.807) is 13.8 Å². The fraction of sp³-hybridized carbons (Fsp3) is 0.500. The molecule has 1 heterocycles. The van der Waals surface area contributed by atoms with Crippen LogP contribution < -0.4 is 5.32 Å². The molecule has 0 aliphatic heterocycles. The zero-order valence-corrected chi connectivity index (χ0v) is 11.1. The molecule has 0 radical (unpaired) electrons. The molecule has 0 aromatic carbocycles. The minimum Gasteiger partial charge on any atom is -0.481 e. The zero-order chi connectivity index (χ0) is 14.0. The van der Waals surface area contributed by atoms with Crippen molar-refractivity contribution in [3.63, 3.8) is 0 Å². The number of anilines is 1. The summed E-state index contributed by atoms with van der Waals surface area (Å²) in [5, 5.41) is 21.2. The number of nitriles is 1. The number of nitrogens with zero attached hydrogens (tertiary/aromatic N) is 2. The van der Waals surface area contributed by atoms with Gasteiger partial charge in [0.15, 0.2) is 0 Å². The molecule has 0 fully saturated rings. The Morgan fingerprint density at radius 3 is 2.89 bits per heavy atom. The lowest BCUT2D eigenvalue weighted by atomic mass is 10.0. The van der Waals surface area contributed by atoms with E-state index < -0.39 is 11.9 Å². The van der Waals surface area contributed by atoms with Crippen molar-refractivity contribution in [2.45, 2.75) is 39.2 Å². The van der Waals surface area contributed by atoms with Gasteiger partial charge in [-0.05, 0) is 44.7 Å². The monoisotopic (exact) mass is 259 g/mol. The first-order valence-corrected chi connectivity index (χ1v) is 6.45. The van der Waals surface area contributed by atoms with E-state index in [2.05, 4.69) is 16.4 Å². The summed E-state index contributed by atoms with van der Waals surface area (Å²) < 4.78 is 0. The van der Waals surface area contributed by atoms with Crippen LogP contribution in [-0.2, 0) is 17.6 Å². The molecular weight excluding hydrogens is 242 g/mol. The molecule has 0 bridgehead atoms. The van der Waals surface area contributed by atoms with E-state index >= 15 is 0 Å². The van der Waals surface area contributed by atoms with E-state index in [0.29, 0.717) is 11.4 Å². The summed E-state index contributed by atoms with van der Waals surface area (Å²) in [6.45, 7) is 3.42. The molecule has 1 aromatic heterocycles. The number of rotatable bonds is 4. The van der Waals surface area contributed by atoms with Gasteiger partial charge in [0.1, 0.15) is 11.9 Å². The number of carboxylic acid groups (broad SMARTS) is 1. The molecule has 2 rings (SSSR count). The molecule has 5 nitrogen and oxygen atoms in total. The van der Waals surface area contributed by atoms with Crippen molar-refractivity contribution in [1.82, 2.24) is 4.98 Å². The number of aryl methyl sites for hydroxylation is 2. The van der Waals surface area contributed by atoms with Gasteiger partial charge >= 0.3 is 5.97 Å². The molecule has 1 aliphatic carbocycles. The molecule has 2 N–H and O–H groups in total. The van der Waals surface area contributed by atoms with Gasteiger partial charge in [0.2, 0.25) is 0 Å². The van der Waals surface area contributed by atoms with Gasteiger partial charge < -0.3 is 10.4 Å². The topological polar surface area (TPSA) is 86.0 Å². The van der Waals surface area contributed by atoms with Crippen molar-refractivity contribution < 1.29 is 9.90 Å². The second-order valence-corrected chi connectivity index (χ2v) is 5.02. The van der Waals surface area contributed by atoms with Crippen molar-refractivity contribution in [3.8, 4) is 6.07 Å². The van der Waals surface area contributed by atoms with Crippen LogP contribution in [0.2, 0.25) is 0 Å². The Balaban J connectivity index is 2.25. The lowest BCUT2D eigenvalue weighted by molar-refractivity contribution is -0.141. The number of carbonyl (C=O) groups is 1. The number of hydrogen-bond acceptors (Lipinski definition) is 4. The SMILES string of the molecule is CC(Nc1nc2c(cc1C#N)CCC2)C(C)C(=O)O. The van der Waals surface area contributed by atoms with Crippen molar-refractivity contribution in [2.75, 3.05) is 5.32 Å². The first-order chi connectivity index (χ1) is 9.02. The minimum absolute atomic E-state index is 0.281. The van der Waals surface area contributed by atoms with Gasteiger partial charge in [0, 0.05) is 11.7 Å². The maximum absolute atomic E-state index is 10.9. The molecule has 1 aromatic rings. The Labute approximate surface area is 112 Å². The third-order valence-corrected chi connectivity index (χ3v) is 3.68. The molecule has 2 atom stereocenters. The maximum atomic E-state index is 10.9. The number of fused-ring (bicyclic) bond motifs is 1. The summed E-state index contributed by atoms with van der Waals surface area (Å²) in [6.07, 6.45) is 2.97. The summed E-state index contributed by atoms with van der Waals surface area (Å²) in [6, 6.07) is 3.72. The van der Waals surface area contributed by atoms with Crippen molar-refractivity contribution in [3.05, 3.63) is 22.9 Å². The number of hydrogen-bond donors (Lipinski definition) is 2. The van der Waals surface area contributed by atoms with Gasteiger partial charge in [-0.25, -0.2) is 4.98 Å². The minimum atomic E-state index is -0.861. The van der Waals surface area contributed by atoms with Crippen molar-refractivity contribution in [2.24, 2.45) is 5.92 Å². The standard InChI is InChI=1S/C14H17N3O2/c1-8(14(18)19)9(2)16-13-11(7-15)6-10-4-3-5-12(10)17-13/h6,8-9H,3-5H2,1-2H3,(H,16,17)(H,18,19). The highest BCUT2D eigenvalue weighted by molar-refractivity contribution is 5.71. The Kier molecular flexibility index (Phi) is 3.70. The van der Waals surface area contributed by atoms with Crippen LogP contribution in [0.3, 0.4) is 0 Å². The summed E-state index contributed by atoms with van der Waals surface area (Å²) >= 11 is 0. The van der Waals surface area contributed by atoms with E-state index in [9.17, 15) is 4.79 Å². The predicted molar refractivity (Wildman–Crippen MR) is 70.9 cm³/mol. The highest BCUT2D eigenvalue weighted by Crippen LogP contribution is 2.25. The summed E-state index contributed by atoms with van der Waals surface area (Å²) in [5.41, 5.74) is 2.66. The molecule has 0 spiro atoms. The Morgan fingerprint density at radius 2 is 2.26 bits per heavy atom. The van der Waals surface area contributed by atoms with Gasteiger partial charge in [-0.2, -0.15) is 5.26 Å². The van der Waals surface area contributed by atoms with E-state index in [1.807, 2.05) is 6.07 Å². The molecule has 5 heteroatoms. The average molecular weight is 259 g/mol. The Bertz CT molecular complexity index is 548.